The first-order valence-corrected chi connectivity index (χ1v) is 5.78. The SMILES string of the molecule is Nc1ncnc(SCc2ccccc2)c1N. The Bertz CT molecular complexity index is 473. The second-order valence-corrected chi connectivity index (χ2v) is 4.22. The highest BCUT2D eigenvalue weighted by molar-refractivity contribution is 7.98. The van der Waals surface area contributed by atoms with E-state index >= 15 is 0 Å². The normalized spacial score (nSPS) is 10.2. The van der Waals surface area contributed by atoms with Crippen molar-refractivity contribution in [2.24, 2.45) is 0 Å². The van der Waals surface area contributed by atoms with Gasteiger partial charge in [0, 0.05) is 5.75 Å². The largest absolute Gasteiger partial charge is 0.394 e. The molecule has 1 aromatic heterocycles. The minimum absolute atomic E-state index is 0.338. The zero-order valence-electron chi connectivity index (χ0n) is 8.63. The van der Waals surface area contributed by atoms with E-state index in [4.69, 9.17) is 11.5 Å². The monoisotopic (exact) mass is 232 g/mol. The Labute approximate surface area is 98.1 Å². The number of thioether (sulfide) groups is 1. The van der Waals surface area contributed by atoms with E-state index in [0.717, 1.165) is 10.8 Å². The fraction of sp³-hybridized carbons (Fsp3) is 0.0909. The second kappa shape index (κ2) is 4.85. The van der Waals surface area contributed by atoms with E-state index < -0.39 is 0 Å². The van der Waals surface area contributed by atoms with Gasteiger partial charge in [-0.2, -0.15) is 0 Å². The van der Waals surface area contributed by atoms with Crippen LogP contribution in [0, 0.1) is 0 Å². The Kier molecular flexibility index (Phi) is 3.26. The molecule has 1 aromatic carbocycles. The van der Waals surface area contributed by atoms with Gasteiger partial charge in [0.1, 0.15) is 17.0 Å². The summed E-state index contributed by atoms with van der Waals surface area (Å²) in [6, 6.07) is 10.1. The molecule has 0 aliphatic heterocycles. The van der Waals surface area contributed by atoms with Crippen LogP contribution in [0.5, 0.6) is 0 Å². The van der Waals surface area contributed by atoms with Crippen LogP contribution in [0.15, 0.2) is 41.7 Å². The zero-order valence-corrected chi connectivity index (χ0v) is 9.45. The molecule has 2 rings (SSSR count). The lowest BCUT2D eigenvalue weighted by molar-refractivity contribution is 1.06. The molecular weight excluding hydrogens is 220 g/mol. The van der Waals surface area contributed by atoms with Gasteiger partial charge in [0.2, 0.25) is 0 Å². The van der Waals surface area contributed by atoms with Gasteiger partial charge in [0.25, 0.3) is 0 Å². The number of aromatic nitrogens is 2. The highest BCUT2D eigenvalue weighted by Gasteiger charge is 2.05. The predicted molar refractivity (Wildman–Crippen MR) is 66.9 cm³/mol. The third kappa shape index (κ3) is 2.43. The number of hydrogen-bond acceptors (Lipinski definition) is 5. The highest BCUT2D eigenvalue weighted by atomic mass is 32.2. The maximum absolute atomic E-state index is 5.78. The first kappa shape index (κ1) is 10.8. The topological polar surface area (TPSA) is 77.8 Å². The summed E-state index contributed by atoms with van der Waals surface area (Å²) >= 11 is 1.56. The molecule has 0 saturated heterocycles. The van der Waals surface area contributed by atoms with Crippen LogP contribution in [-0.2, 0) is 5.75 Å². The zero-order chi connectivity index (χ0) is 11.4. The molecule has 4 nitrogen and oxygen atoms in total. The van der Waals surface area contributed by atoms with Crippen molar-refractivity contribution in [1.82, 2.24) is 9.97 Å². The molecule has 0 spiro atoms. The van der Waals surface area contributed by atoms with Gasteiger partial charge < -0.3 is 11.5 Å². The van der Waals surface area contributed by atoms with Gasteiger partial charge in [-0.3, -0.25) is 0 Å². The van der Waals surface area contributed by atoms with Gasteiger partial charge in [0.15, 0.2) is 5.82 Å². The van der Waals surface area contributed by atoms with Crippen LogP contribution in [0.4, 0.5) is 11.5 Å². The third-order valence-electron chi connectivity index (χ3n) is 2.10. The summed E-state index contributed by atoms with van der Waals surface area (Å²) in [5.74, 6) is 1.16. The van der Waals surface area contributed by atoms with Crippen LogP contribution in [0.25, 0.3) is 0 Å². The standard InChI is InChI=1S/C11H12N4S/c12-9-10(13)14-7-15-11(9)16-6-8-4-2-1-3-5-8/h1-5,7H,6,12H2,(H2,13,14,15). The summed E-state index contributed by atoms with van der Waals surface area (Å²) in [5.41, 5.74) is 13.1. The van der Waals surface area contributed by atoms with Crippen molar-refractivity contribution in [2.45, 2.75) is 10.8 Å². The molecule has 0 amide bonds. The van der Waals surface area contributed by atoms with E-state index in [0.29, 0.717) is 11.5 Å². The fourth-order valence-electron chi connectivity index (χ4n) is 1.23. The number of hydrogen-bond donors (Lipinski definition) is 2. The maximum atomic E-state index is 5.78. The van der Waals surface area contributed by atoms with Crippen LogP contribution in [0.3, 0.4) is 0 Å². The van der Waals surface area contributed by atoms with Crippen molar-refractivity contribution in [3.05, 3.63) is 42.2 Å². The number of anilines is 2. The smallest absolute Gasteiger partial charge is 0.151 e. The van der Waals surface area contributed by atoms with Gasteiger partial charge >= 0.3 is 0 Å². The van der Waals surface area contributed by atoms with Crippen molar-refractivity contribution >= 4 is 23.3 Å². The van der Waals surface area contributed by atoms with Crippen molar-refractivity contribution < 1.29 is 0 Å². The summed E-state index contributed by atoms with van der Waals surface area (Å²) in [7, 11) is 0. The van der Waals surface area contributed by atoms with Gasteiger partial charge in [-0.15, -0.1) is 0 Å². The average molecular weight is 232 g/mol. The molecule has 0 radical (unpaired) electrons. The van der Waals surface area contributed by atoms with E-state index in [2.05, 4.69) is 22.1 Å². The van der Waals surface area contributed by atoms with E-state index in [9.17, 15) is 0 Å². The van der Waals surface area contributed by atoms with E-state index in [1.807, 2.05) is 18.2 Å². The van der Waals surface area contributed by atoms with Gasteiger partial charge in [-0.1, -0.05) is 42.1 Å². The molecule has 1 heterocycles. The van der Waals surface area contributed by atoms with Gasteiger partial charge in [-0.25, -0.2) is 9.97 Å². The van der Waals surface area contributed by atoms with Crippen LogP contribution in [0.2, 0.25) is 0 Å². The molecule has 0 bridgehead atoms. The summed E-state index contributed by atoms with van der Waals surface area (Å²) < 4.78 is 0. The Balaban J connectivity index is 2.08. The molecule has 16 heavy (non-hydrogen) atoms. The van der Waals surface area contributed by atoms with E-state index in [1.165, 1.54) is 11.9 Å². The minimum atomic E-state index is 0.338. The fourth-order valence-corrected chi connectivity index (χ4v) is 2.11. The second-order valence-electron chi connectivity index (χ2n) is 3.25. The number of nitrogen functional groups attached to an aromatic ring is 2. The molecule has 0 unspecified atom stereocenters. The first-order valence-electron chi connectivity index (χ1n) is 4.80. The van der Waals surface area contributed by atoms with E-state index in [1.54, 1.807) is 11.8 Å². The van der Waals surface area contributed by atoms with Gasteiger partial charge in [0.05, 0.1) is 0 Å². The molecule has 0 saturated carbocycles. The van der Waals surface area contributed by atoms with Crippen LogP contribution < -0.4 is 11.5 Å². The molecule has 5 heteroatoms. The molecule has 0 aliphatic rings. The van der Waals surface area contributed by atoms with Crippen molar-refractivity contribution in [1.29, 1.82) is 0 Å². The molecule has 82 valence electrons. The highest BCUT2D eigenvalue weighted by Crippen LogP contribution is 2.27. The molecule has 0 atom stereocenters. The molecule has 4 N–H and O–H groups in total. The lowest BCUT2D eigenvalue weighted by Gasteiger charge is -2.05. The molecule has 0 fully saturated rings. The first-order chi connectivity index (χ1) is 7.77. The Morgan fingerprint density at radius 1 is 1.06 bits per heavy atom. The molecular formula is C11H12N4S. The van der Waals surface area contributed by atoms with Gasteiger partial charge in [-0.05, 0) is 5.56 Å². The van der Waals surface area contributed by atoms with Crippen molar-refractivity contribution in [2.75, 3.05) is 11.5 Å². The lowest BCUT2D eigenvalue weighted by Crippen LogP contribution is -2.01. The summed E-state index contributed by atoms with van der Waals surface area (Å²) in [4.78, 5) is 7.92. The molecule has 2 aromatic rings. The quantitative estimate of drug-likeness (QED) is 0.624. The van der Waals surface area contributed by atoms with Crippen molar-refractivity contribution in [3.8, 4) is 0 Å². The number of benzene rings is 1. The Hall–Kier alpha value is -1.75. The number of rotatable bonds is 3. The number of nitrogens with two attached hydrogens (primary N) is 2. The molecule has 0 aliphatic carbocycles. The average Bonchev–Trinajstić information content (AvgIpc) is 2.32. The maximum Gasteiger partial charge on any atom is 0.151 e. The van der Waals surface area contributed by atoms with Crippen LogP contribution in [-0.4, -0.2) is 9.97 Å². The lowest BCUT2D eigenvalue weighted by atomic mass is 10.2. The number of nitrogens with zero attached hydrogens (tertiary/aromatic N) is 2. The Morgan fingerprint density at radius 2 is 1.81 bits per heavy atom. The van der Waals surface area contributed by atoms with E-state index in [-0.39, 0.29) is 0 Å². The third-order valence-corrected chi connectivity index (χ3v) is 3.17. The summed E-state index contributed by atoms with van der Waals surface area (Å²) in [6.07, 6.45) is 1.43. The minimum Gasteiger partial charge on any atom is -0.394 e. The van der Waals surface area contributed by atoms with Crippen LogP contribution >= 0.6 is 11.8 Å². The Morgan fingerprint density at radius 3 is 2.56 bits per heavy atom. The summed E-state index contributed by atoms with van der Waals surface area (Å²) in [6.45, 7) is 0. The van der Waals surface area contributed by atoms with Crippen LogP contribution in [0.1, 0.15) is 5.56 Å². The summed E-state index contributed by atoms with van der Waals surface area (Å²) in [5, 5.41) is 0.733. The van der Waals surface area contributed by atoms with Crippen molar-refractivity contribution in [3.63, 3.8) is 0 Å². The predicted octanol–water partition coefficient (Wildman–Crippen LogP) is 1.93.